The molecular formula is C23H29N3O4S. The number of methoxy groups -OCH3 is 2. The quantitative estimate of drug-likeness (QED) is 0.682. The summed E-state index contributed by atoms with van der Waals surface area (Å²) >= 11 is 1.88. The Kier molecular flexibility index (Phi) is 8.06. The third-order valence-corrected chi connectivity index (χ3v) is 6.12. The summed E-state index contributed by atoms with van der Waals surface area (Å²) < 4.78 is 10.7. The van der Waals surface area contributed by atoms with E-state index in [9.17, 15) is 9.59 Å². The van der Waals surface area contributed by atoms with Crippen molar-refractivity contribution in [3.8, 4) is 11.5 Å². The first-order valence-electron chi connectivity index (χ1n) is 10.2. The van der Waals surface area contributed by atoms with Crippen molar-refractivity contribution in [3.05, 3.63) is 53.6 Å². The summed E-state index contributed by atoms with van der Waals surface area (Å²) in [6, 6.07) is 12.2. The van der Waals surface area contributed by atoms with Crippen LogP contribution in [0.2, 0.25) is 0 Å². The molecule has 2 N–H and O–H groups in total. The summed E-state index contributed by atoms with van der Waals surface area (Å²) in [5.74, 6) is 3.53. The smallest absolute Gasteiger partial charge is 0.319 e. The molecule has 1 saturated heterocycles. The van der Waals surface area contributed by atoms with Gasteiger partial charge in [-0.05, 0) is 42.8 Å². The number of benzene rings is 2. The van der Waals surface area contributed by atoms with Crippen LogP contribution in [-0.2, 0) is 11.2 Å². The number of urea groups is 1. The van der Waals surface area contributed by atoms with Crippen molar-refractivity contribution >= 4 is 29.4 Å². The number of anilines is 1. The van der Waals surface area contributed by atoms with Gasteiger partial charge in [-0.3, -0.25) is 4.79 Å². The van der Waals surface area contributed by atoms with E-state index in [2.05, 4.69) is 10.6 Å². The van der Waals surface area contributed by atoms with E-state index in [0.29, 0.717) is 23.6 Å². The molecule has 0 aliphatic carbocycles. The molecule has 1 aliphatic rings. The number of thioether (sulfide) groups is 1. The number of nitrogens with zero attached hydrogens (tertiary/aromatic N) is 1. The highest BCUT2D eigenvalue weighted by Crippen LogP contribution is 2.29. The van der Waals surface area contributed by atoms with Crippen LogP contribution in [0.3, 0.4) is 0 Å². The zero-order chi connectivity index (χ0) is 22.2. The van der Waals surface area contributed by atoms with Crippen molar-refractivity contribution in [2.75, 3.05) is 44.1 Å². The highest BCUT2D eigenvalue weighted by atomic mass is 32.2. The molecule has 2 aromatic rings. The lowest BCUT2D eigenvalue weighted by Gasteiger charge is -2.26. The summed E-state index contributed by atoms with van der Waals surface area (Å²) in [7, 11) is 3.19. The second-order valence-electron chi connectivity index (χ2n) is 7.29. The molecular weight excluding hydrogens is 414 g/mol. The molecule has 7 nitrogen and oxygen atoms in total. The van der Waals surface area contributed by atoms with E-state index in [0.717, 1.165) is 35.7 Å². The van der Waals surface area contributed by atoms with E-state index in [4.69, 9.17) is 9.47 Å². The Morgan fingerprint density at radius 1 is 1.06 bits per heavy atom. The topological polar surface area (TPSA) is 79.9 Å². The zero-order valence-electron chi connectivity index (χ0n) is 18.1. The summed E-state index contributed by atoms with van der Waals surface area (Å²) in [5, 5.41) is 5.74. The van der Waals surface area contributed by atoms with Gasteiger partial charge in [-0.1, -0.05) is 12.1 Å². The van der Waals surface area contributed by atoms with Crippen LogP contribution in [0.15, 0.2) is 42.5 Å². The Hall–Kier alpha value is -2.87. The van der Waals surface area contributed by atoms with Crippen molar-refractivity contribution < 1.29 is 19.1 Å². The van der Waals surface area contributed by atoms with Crippen LogP contribution >= 0.6 is 11.8 Å². The Bertz CT molecular complexity index is 898. The van der Waals surface area contributed by atoms with Crippen LogP contribution in [0.25, 0.3) is 0 Å². The predicted molar refractivity (Wildman–Crippen MR) is 124 cm³/mol. The maximum Gasteiger partial charge on any atom is 0.319 e. The van der Waals surface area contributed by atoms with E-state index < -0.39 is 0 Å². The summed E-state index contributed by atoms with van der Waals surface area (Å²) in [6.07, 6.45) is 0.379. The maximum atomic E-state index is 12.5. The molecule has 0 radical (unpaired) electrons. The Balaban J connectivity index is 1.55. The second kappa shape index (κ2) is 10.9. The first-order chi connectivity index (χ1) is 15.0. The summed E-state index contributed by atoms with van der Waals surface area (Å²) in [5.41, 5.74) is 2.42. The predicted octanol–water partition coefficient (Wildman–Crippen LogP) is 3.70. The van der Waals surface area contributed by atoms with E-state index in [1.807, 2.05) is 66.1 Å². The normalized spacial score (nSPS) is 14.5. The van der Waals surface area contributed by atoms with Crippen molar-refractivity contribution in [2.24, 2.45) is 0 Å². The monoisotopic (exact) mass is 443 g/mol. The minimum atomic E-state index is -0.327. The van der Waals surface area contributed by atoms with Gasteiger partial charge < -0.3 is 25.0 Å². The number of hydrogen-bond acceptors (Lipinski definition) is 5. The van der Waals surface area contributed by atoms with Gasteiger partial charge >= 0.3 is 6.03 Å². The van der Waals surface area contributed by atoms with Crippen molar-refractivity contribution in [1.29, 1.82) is 0 Å². The molecule has 0 saturated carbocycles. The summed E-state index contributed by atoms with van der Waals surface area (Å²) in [4.78, 5) is 26.8. The minimum Gasteiger partial charge on any atom is -0.497 e. The average Bonchev–Trinajstić information content (AvgIpc) is 2.80. The van der Waals surface area contributed by atoms with Crippen LogP contribution in [0.1, 0.15) is 24.1 Å². The van der Waals surface area contributed by atoms with Crippen LogP contribution < -0.4 is 20.1 Å². The number of ether oxygens (including phenoxy) is 2. The third-order valence-electron chi connectivity index (χ3n) is 5.18. The molecule has 31 heavy (non-hydrogen) atoms. The minimum absolute atomic E-state index is 0.153. The van der Waals surface area contributed by atoms with Crippen LogP contribution in [0.4, 0.5) is 10.5 Å². The summed E-state index contributed by atoms with van der Waals surface area (Å²) in [6.45, 7) is 3.52. The molecule has 3 rings (SSSR count). The molecule has 0 aromatic heterocycles. The van der Waals surface area contributed by atoms with Crippen LogP contribution in [-0.4, -0.2) is 55.7 Å². The standard InChI is InChI=1S/C23H29N3O4S/c1-16(20-15-19(29-2)8-9-21(20)30-3)24-23(28)25-18-6-4-17(5-7-18)14-22(27)26-10-12-31-13-11-26/h4-9,15-16H,10-14H2,1-3H3,(H2,24,25,28). The van der Waals surface area contributed by atoms with Crippen LogP contribution in [0.5, 0.6) is 11.5 Å². The van der Waals surface area contributed by atoms with Gasteiger partial charge in [-0.25, -0.2) is 4.79 Å². The molecule has 166 valence electrons. The zero-order valence-corrected chi connectivity index (χ0v) is 19.0. The lowest BCUT2D eigenvalue weighted by molar-refractivity contribution is -0.130. The number of carbonyl (C=O) groups is 2. The van der Waals surface area contributed by atoms with E-state index in [-0.39, 0.29) is 18.0 Å². The lowest BCUT2D eigenvalue weighted by Crippen LogP contribution is -2.38. The molecule has 2 aromatic carbocycles. The number of nitrogens with one attached hydrogen (secondary N) is 2. The third kappa shape index (κ3) is 6.30. The van der Waals surface area contributed by atoms with Gasteiger partial charge in [0.15, 0.2) is 0 Å². The Morgan fingerprint density at radius 2 is 1.77 bits per heavy atom. The molecule has 1 unspecified atom stereocenters. The van der Waals surface area contributed by atoms with Gasteiger partial charge in [0.25, 0.3) is 0 Å². The average molecular weight is 444 g/mol. The molecule has 8 heteroatoms. The van der Waals surface area contributed by atoms with Crippen molar-refractivity contribution in [3.63, 3.8) is 0 Å². The lowest BCUT2D eigenvalue weighted by atomic mass is 10.1. The maximum absolute atomic E-state index is 12.5. The van der Waals surface area contributed by atoms with Crippen molar-refractivity contribution in [2.45, 2.75) is 19.4 Å². The second-order valence-corrected chi connectivity index (χ2v) is 8.52. The fraction of sp³-hybridized carbons (Fsp3) is 0.391. The van der Waals surface area contributed by atoms with Gasteiger partial charge in [0, 0.05) is 35.8 Å². The Morgan fingerprint density at radius 3 is 2.42 bits per heavy atom. The van der Waals surface area contributed by atoms with Gasteiger partial charge in [0.05, 0.1) is 26.7 Å². The highest BCUT2D eigenvalue weighted by Gasteiger charge is 2.17. The molecule has 1 aliphatic heterocycles. The molecule has 3 amide bonds. The van der Waals surface area contributed by atoms with Gasteiger partial charge in [-0.2, -0.15) is 11.8 Å². The fourth-order valence-electron chi connectivity index (χ4n) is 3.42. The Labute approximate surface area is 187 Å². The van der Waals surface area contributed by atoms with E-state index >= 15 is 0 Å². The number of amides is 3. The fourth-order valence-corrected chi connectivity index (χ4v) is 4.33. The highest BCUT2D eigenvalue weighted by molar-refractivity contribution is 7.99. The molecule has 1 heterocycles. The van der Waals surface area contributed by atoms with Crippen LogP contribution in [0, 0.1) is 0 Å². The van der Waals surface area contributed by atoms with Gasteiger partial charge in [-0.15, -0.1) is 0 Å². The number of hydrogen-bond donors (Lipinski definition) is 2. The van der Waals surface area contributed by atoms with E-state index in [1.54, 1.807) is 14.2 Å². The van der Waals surface area contributed by atoms with E-state index in [1.165, 1.54) is 0 Å². The van der Waals surface area contributed by atoms with Crippen molar-refractivity contribution in [1.82, 2.24) is 10.2 Å². The number of rotatable bonds is 7. The first kappa shape index (κ1) is 22.8. The largest absolute Gasteiger partial charge is 0.497 e. The number of carbonyl (C=O) groups excluding carboxylic acids is 2. The molecule has 1 atom stereocenters. The molecule has 0 bridgehead atoms. The molecule has 0 spiro atoms. The first-order valence-corrected chi connectivity index (χ1v) is 11.4. The van der Waals surface area contributed by atoms with Gasteiger partial charge in [0.2, 0.25) is 5.91 Å². The molecule has 1 fully saturated rings. The van der Waals surface area contributed by atoms with Gasteiger partial charge in [0.1, 0.15) is 11.5 Å². The SMILES string of the molecule is COc1ccc(OC)c(C(C)NC(=O)Nc2ccc(CC(=O)N3CCSCC3)cc2)c1.